The largest absolute Gasteiger partial charge is 0.297 e. The van der Waals surface area contributed by atoms with Crippen LogP contribution in [0.4, 0.5) is 0 Å². The number of imidazole rings is 1. The Balaban J connectivity index is 1.68. The molecule has 0 spiro atoms. The van der Waals surface area contributed by atoms with Crippen LogP contribution in [-0.4, -0.2) is 14.5 Å². The predicted molar refractivity (Wildman–Crippen MR) is 104 cm³/mol. The second-order valence-electron chi connectivity index (χ2n) is 6.02. The number of nitrogens with zero attached hydrogens (tertiary/aromatic N) is 3. The van der Waals surface area contributed by atoms with Gasteiger partial charge in [0, 0.05) is 11.3 Å². The SMILES string of the molecule is Cc1nc2cc(-c3nc4ccccc4s3)ccc2n1-c1ccccc1. The third kappa shape index (κ3) is 2.34. The van der Waals surface area contributed by atoms with E-state index in [4.69, 9.17) is 9.97 Å². The number of para-hydroxylation sites is 2. The maximum absolute atomic E-state index is 4.77. The molecule has 3 aromatic carbocycles. The van der Waals surface area contributed by atoms with Gasteiger partial charge in [-0.3, -0.25) is 4.57 Å². The van der Waals surface area contributed by atoms with Gasteiger partial charge in [-0.25, -0.2) is 9.97 Å². The van der Waals surface area contributed by atoms with Gasteiger partial charge in [-0.05, 0) is 49.4 Å². The Kier molecular flexibility index (Phi) is 3.18. The summed E-state index contributed by atoms with van der Waals surface area (Å²) in [5, 5.41) is 1.04. The quantitative estimate of drug-likeness (QED) is 0.418. The Morgan fingerprint density at radius 1 is 0.800 bits per heavy atom. The van der Waals surface area contributed by atoms with Gasteiger partial charge in [0.2, 0.25) is 0 Å². The number of benzene rings is 3. The van der Waals surface area contributed by atoms with Crippen molar-refractivity contribution >= 4 is 32.6 Å². The van der Waals surface area contributed by atoms with Crippen molar-refractivity contribution in [3.63, 3.8) is 0 Å². The lowest BCUT2D eigenvalue weighted by molar-refractivity contribution is 1.00. The van der Waals surface area contributed by atoms with Gasteiger partial charge in [-0.1, -0.05) is 30.3 Å². The van der Waals surface area contributed by atoms with Gasteiger partial charge in [0.1, 0.15) is 10.8 Å². The molecular weight excluding hydrogens is 326 g/mol. The van der Waals surface area contributed by atoms with Crippen LogP contribution in [-0.2, 0) is 0 Å². The third-order valence-electron chi connectivity index (χ3n) is 4.38. The lowest BCUT2D eigenvalue weighted by Gasteiger charge is -2.06. The molecule has 0 unspecified atom stereocenters. The van der Waals surface area contributed by atoms with Crippen molar-refractivity contribution in [1.82, 2.24) is 14.5 Å². The summed E-state index contributed by atoms with van der Waals surface area (Å²) in [4.78, 5) is 9.53. The highest BCUT2D eigenvalue weighted by Crippen LogP contribution is 2.32. The molecule has 5 aromatic rings. The molecule has 0 amide bonds. The molecule has 0 bridgehead atoms. The standard InChI is InChI=1S/C21H15N3S/c1-14-22-18-13-15(21-23-17-9-5-6-10-20(17)25-21)11-12-19(18)24(14)16-7-3-2-4-8-16/h2-13H,1H3. The molecule has 2 aromatic heterocycles. The van der Waals surface area contributed by atoms with Gasteiger partial charge < -0.3 is 0 Å². The second-order valence-corrected chi connectivity index (χ2v) is 7.05. The van der Waals surface area contributed by atoms with Crippen molar-refractivity contribution in [2.24, 2.45) is 0 Å². The van der Waals surface area contributed by atoms with Crippen LogP contribution in [0.2, 0.25) is 0 Å². The molecule has 5 rings (SSSR count). The molecule has 0 saturated carbocycles. The van der Waals surface area contributed by atoms with Crippen LogP contribution in [0.3, 0.4) is 0 Å². The number of thiazole rings is 1. The molecule has 0 aliphatic carbocycles. The molecule has 0 aliphatic heterocycles. The minimum absolute atomic E-state index is 0.989. The molecule has 120 valence electrons. The van der Waals surface area contributed by atoms with E-state index in [9.17, 15) is 0 Å². The average Bonchev–Trinajstić information content (AvgIpc) is 3.21. The number of rotatable bonds is 2. The molecule has 2 heterocycles. The molecule has 3 nitrogen and oxygen atoms in total. The summed E-state index contributed by atoms with van der Waals surface area (Å²) >= 11 is 1.72. The summed E-state index contributed by atoms with van der Waals surface area (Å²) in [7, 11) is 0. The Bertz CT molecular complexity index is 1170. The van der Waals surface area contributed by atoms with E-state index in [1.54, 1.807) is 11.3 Å². The van der Waals surface area contributed by atoms with Crippen LogP contribution >= 0.6 is 11.3 Å². The first-order chi connectivity index (χ1) is 12.3. The maximum atomic E-state index is 4.77. The van der Waals surface area contributed by atoms with E-state index in [0.29, 0.717) is 0 Å². The first kappa shape index (κ1) is 14.4. The summed E-state index contributed by atoms with van der Waals surface area (Å²) in [5.74, 6) is 0.989. The summed E-state index contributed by atoms with van der Waals surface area (Å²) < 4.78 is 3.40. The number of fused-ring (bicyclic) bond motifs is 2. The Morgan fingerprint density at radius 2 is 1.60 bits per heavy atom. The van der Waals surface area contributed by atoms with E-state index < -0.39 is 0 Å². The van der Waals surface area contributed by atoms with Crippen LogP contribution in [0.1, 0.15) is 5.82 Å². The van der Waals surface area contributed by atoms with Gasteiger partial charge in [-0.15, -0.1) is 11.3 Å². The van der Waals surface area contributed by atoms with Crippen LogP contribution < -0.4 is 0 Å². The van der Waals surface area contributed by atoms with Crippen molar-refractivity contribution in [2.45, 2.75) is 6.92 Å². The first-order valence-electron chi connectivity index (χ1n) is 8.20. The molecule has 0 fully saturated rings. The van der Waals surface area contributed by atoms with E-state index in [0.717, 1.165) is 38.6 Å². The minimum atomic E-state index is 0.989. The van der Waals surface area contributed by atoms with Gasteiger partial charge >= 0.3 is 0 Å². The van der Waals surface area contributed by atoms with Crippen molar-refractivity contribution in [1.29, 1.82) is 0 Å². The average molecular weight is 341 g/mol. The predicted octanol–water partition coefficient (Wildman–Crippen LogP) is 5.61. The molecule has 0 saturated heterocycles. The van der Waals surface area contributed by atoms with Gasteiger partial charge in [0.05, 0.1) is 21.3 Å². The van der Waals surface area contributed by atoms with E-state index in [1.165, 1.54) is 4.70 Å². The highest BCUT2D eigenvalue weighted by atomic mass is 32.1. The van der Waals surface area contributed by atoms with Crippen molar-refractivity contribution in [3.05, 3.63) is 78.6 Å². The molecule has 4 heteroatoms. The number of hydrogen-bond donors (Lipinski definition) is 0. The zero-order valence-electron chi connectivity index (χ0n) is 13.7. The summed E-state index contributed by atoms with van der Waals surface area (Å²) in [6.45, 7) is 2.05. The van der Waals surface area contributed by atoms with Crippen LogP contribution in [0.5, 0.6) is 0 Å². The summed E-state index contributed by atoms with van der Waals surface area (Å²) in [6, 6.07) is 25.0. The van der Waals surface area contributed by atoms with Gasteiger partial charge in [0.25, 0.3) is 0 Å². The fraction of sp³-hybridized carbons (Fsp3) is 0.0476. The zero-order valence-corrected chi connectivity index (χ0v) is 14.5. The number of aryl methyl sites for hydroxylation is 1. The minimum Gasteiger partial charge on any atom is -0.297 e. The molecule has 25 heavy (non-hydrogen) atoms. The van der Waals surface area contributed by atoms with E-state index >= 15 is 0 Å². The molecule has 0 N–H and O–H groups in total. The van der Waals surface area contributed by atoms with E-state index in [2.05, 4.69) is 65.2 Å². The molecule has 0 atom stereocenters. The summed E-state index contributed by atoms with van der Waals surface area (Å²) in [6.07, 6.45) is 0. The van der Waals surface area contributed by atoms with Crippen LogP contribution in [0, 0.1) is 6.92 Å². The monoisotopic (exact) mass is 341 g/mol. The Labute approximate surface area is 149 Å². The van der Waals surface area contributed by atoms with Crippen molar-refractivity contribution in [3.8, 4) is 16.3 Å². The number of aromatic nitrogens is 3. The third-order valence-corrected chi connectivity index (χ3v) is 5.46. The van der Waals surface area contributed by atoms with Crippen LogP contribution in [0.15, 0.2) is 72.8 Å². The molecule has 0 aliphatic rings. The van der Waals surface area contributed by atoms with Crippen LogP contribution in [0.25, 0.3) is 37.5 Å². The first-order valence-corrected chi connectivity index (χ1v) is 9.02. The van der Waals surface area contributed by atoms with E-state index in [-0.39, 0.29) is 0 Å². The molecule has 0 radical (unpaired) electrons. The lowest BCUT2D eigenvalue weighted by atomic mass is 10.2. The fourth-order valence-electron chi connectivity index (χ4n) is 3.23. The maximum Gasteiger partial charge on any atom is 0.124 e. The highest BCUT2D eigenvalue weighted by Gasteiger charge is 2.12. The fourth-order valence-corrected chi connectivity index (χ4v) is 4.19. The topological polar surface area (TPSA) is 30.7 Å². The lowest BCUT2D eigenvalue weighted by Crippen LogP contribution is -1.95. The van der Waals surface area contributed by atoms with Gasteiger partial charge in [0.15, 0.2) is 0 Å². The summed E-state index contributed by atoms with van der Waals surface area (Å²) in [5.41, 5.74) is 5.42. The Morgan fingerprint density at radius 3 is 2.44 bits per heavy atom. The Hall–Kier alpha value is -2.98. The highest BCUT2D eigenvalue weighted by molar-refractivity contribution is 7.21. The number of hydrogen-bond acceptors (Lipinski definition) is 3. The van der Waals surface area contributed by atoms with Crippen molar-refractivity contribution in [2.75, 3.05) is 0 Å². The second kappa shape index (κ2) is 5.53. The van der Waals surface area contributed by atoms with Crippen molar-refractivity contribution < 1.29 is 0 Å². The zero-order chi connectivity index (χ0) is 16.8. The van der Waals surface area contributed by atoms with Gasteiger partial charge in [-0.2, -0.15) is 0 Å². The molecular formula is C21H15N3S. The normalized spacial score (nSPS) is 11.4. The smallest absolute Gasteiger partial charge is 0.124 e. The van der Waals surface area contributed by atoms with E-state index in [1.807, 2.05) is 19.1 Å².